The molecular formula is C5H9N3O2S. The van der Waals surface area contributed by atoms with Crippen molar-refractivity contribution in [1.29, 1.82) is 0 Å². The van der Waals surface area contributed by atoms with Gasteiger partial charge in [-0.15, -0.1) is 4.40 Å². The lowest BCUT2D eigenvalue weighted by molar-refractivity contribution is 0.588. The molecule has 1 aliphatic heterocycles. The van der Waals surface area contributed by atoms with Gasteiger partial charge >= 0.3 is 10.2 Å². The molecule has 0 aromatic carbocycles. The Hall–Kier alpha value is -1.04. The molecule has 1 rings (SSSR count). The molecule has 62 valence electrons. The highest BCUT2D eigenvalue weighted by atomic mass is 32.2. The maximum absolute atomic E-state index is 10.8. The van der Waals surface area contributed by atoms with Crippen molar-refractivity contribution in [3.05, 3.63) is 11.8 Å². The molecule has 5 nitrogen and oxygen atoms in total. The predicted molar refractivity (Wildman–Crippen MR) is 42.1 cm³/mol. The van der Waals surface area contributed by atoms with E-state index in [9.17, 15) is 8.42 Å². The summed E-state index contributed by atoms with van der Waals surface area (Å²) in [6.45, 7) is 1.83. The minimum Gasteiger partial charge on any atom is -0.383 e. The van der Waals surface area contributed by atoms with E-state index in [1.165, 1.54) is 6.08 Å². The van der Waals surface area contributed by atoms with Crippen LogP contribution in [0.3, 0.4) is 0 Å². The Balaban J connectivity index is 3.03. The molecule has 1 heterocycles. The first-order valence-electron chi connectivity index (χ1n) is 3.12. The van der Waals surface area contributed by atoms with E-state index in [2.05, 4.69) is 9.12 Å². The van der Waals surface area contributed by atoms with Crippen molar-refractivity contribution < 1.29 is 8.42 Å². The summed E-state index contributed by atoms with van der Waals surface area (Å²) in [5.41, 5.74) is 5.80. The van der Waals surface area contributed by atoms with Crippen molar-refractivity contribution >= 4 is 16.0 Å². The van der Waals surface area contributed by atoms with Crippen LogP contribution in [0.15, 0.2) is 16.2 Å². The molecule has 0 aliphatic carbocycles. The zero-order valence-electron chi connectivity index (χ0n) is 6.03. The van der Waals surface area contributed by atoms with E-state index in [0.29, 0.717) is 12.1 Å². The fourth-order valence-electron chi connectivity index (χ4n) is 0.736. The number of nitrogens with two attached hydrogens (primary N) is 1. The highest BCUT2D eigenvalue weighted by Gasteiger charge is 2.14. The van der Waals surface area contributed by atoms with Crippen LogP contribution in [-0.2, 0) is 10.2 Å². The van der Waals surface area contributed by atoms with Gasteiger partial charge < -0.3 is 5.73 Å². The van der Waals surface area contributed by atoms with Crippen LogP contribution in [0.4, 0.5) is 0 Å². The number of nitrogens with zero attached hydrogens (tertiary/aromatic N) is 1. The van der Waals surface area contributed by atoms with Crippen LogP contribution in [0.2, 0.25) is 0 Å². The first-order valence-corrected chi connectivity index (χ1v) is 4.56. The maximum Gasteiger partial charge on any atom is 0.343 e. The smallest absolute Gasteiger partial charge is 0.343 e. The van der Waals surface area contributed by atoms with Gasteiger partial charge in [0.25, 0.3) is 0 Å². The number of nitrogens with one attached hydrogen (secondary N) is 1. The molecule has 1 aliphatic rings. The van der Waals surface area contributed by atoms with Gasteiger partial charge in [-0.3, -0.25) is 4.72 Å². The molecular weight excluding hydrogens is 166 g/mol. The van der Waals surface area contributed by atoms with Crippen molar-refractivity contribution in [3.8, 4) is 0 Å². The van der Waals surface area contributed by atoms with Crippen molar-refractivity contribution in [2.24, 2.45) is 10.1 Å². The maximum atomic E-state index is 10.8. The molecule has 0 amide bonds. The van der Waals surface area contributed by atoms with Gasteiger partial charge in [-0.2, -0.15) is 8.42 Å². The molecule has 0 fully saturated rings. The lowest BCUT2D eigenvalue weighted by Crippen LogP contribution is -2.29. The van der Waals surface area contributed by atoms with Crippen LogP contribution in [0.25, 0.3) is 0 Å². The Morgan fingerprint density at radius 2 is 2.36 bits per heavy atom. The average Bonchev–Trinajstić information content (AvgIpc) is 1.83. The van der Waals surface area contributed by atoms with Crippen molar-refractivity contribution in [3.63, 3.8) is 0 Å². The summed E-state index contributed by atoms with van der Waals surface area (Å²) in [5, 5.41) is 0. The van der Waals surface area contributed by atoms with Gasteiger partial charge in [0.2, 0.25) is 0 Å². The molecule has 11 heavy (non-hydrogen) atoms. The molecule has 0 atom stereocenters. The fraction of sp³-hybridized carbons (Fsp3) is 0.400. The second kappa shape index (κ2) is 2.54. The Morgan fingerprint density at radius 3 is 2.82 bits per heavy atom. The molecule has 0 radical (unpaired) electrons. The average molecular weight is 175 g/mol. The van der Waals surface area contributed by atoms with Crippen molar-refractivity contribution in [2.45, 2.75) is 13.3 Å². The SMILES string of the molecule is CCC1=CC(N)=NS(=O)(=O)N1. The molecule has 0 aromatic rings. The number of hydrogen-bond acceptors (Lipinski definition) is 3. The Bertz CT molecular complexity index is 315. The highest BCUT2D eigenvalue weighted by molar-refractivity contribution is 7.88. The van der Waals surface area contributed by atoms with Gasteiger partial charge in [-0.05, 0) is 6.42 Å². The Labute approximate surface area is 65.2 Å². The van der Waals surface area contributed by atoms with E-state index < -0.39 is 10.2 Å². The molecule has 3 N–H and O–H groups in total. The predicted octanol–water partition coefficient (Wildman–Crippen LogP) is -0.514. The van der Waals surface area contributed by atoms with E-state index in [1.54, 1.807) is 0 Å². The van der Waals surface area contributed by atoms with Crippen LogP contribution in [-0.4, -0.2) is 14.3 Å². The second-order valence-electron chi connectivity index (χ2n) is 2.12. The third-order valence-corrected chi connectivity index (χ3v) is 2.16. The number of rotatable bonds is 1. The molecule has 0 spiro atoms. The van der Waals surface area contributed by atoms with Crippen LogP contribution in [0, 0.1) is 0 Å². The minimum atomic E-state index is -3.55. The van der Waals surface area contributed by atoms with Crippen LogP contribution < -0.4 is 10.5 Å². The van der Waals surface area contributed by atoms with Gasteiger partial charge in [0.15, 0.2) is 0 Å². The van der Waals surface area contributed by atoms with Crippen LogP contribution >= 0.6 is 0 Å². The molecule has 0 saturated carbocycles. The van der Waals surface area contributed by atoms with E-state index in [4.69, 9.17) is 5.73 Å². The van der Waals surface area contributed by atoms with Crippen molar-refractivity contribution in [1.82, 2.24) is 4.72 Å². The van der Waals surface area contributed by atoms with Crippen molar-refractivity contribution in [2.75, 3.05) is 0 Å². The fourth-order valence-corrected chi connectivity index (χ4v) is 1.65. The van der Waals surface area contributed by atoms with Gasteiger partial charge in [0.1, 0.15) is 5.84 Å². The second-order valence-corrected chi connectivity index (χ2v) is 3.45. The number of amidine groups is 1. The molecule has 0 aromatic heterocycles. The lowest BCUT2D eigenvalue weighted by Gasteiger charge is -2.10. The summed E-state index contributed by atoms with van der Waals surface area (Å²) in [6, 6.07) is 0. The van der Waals surface area contributed by atoms with Gasteiger partial charge in [0, 0.05) is 11.8 Å². The normalized spacial score (nSPS) is 21.5. The minimum absolute atomic E-state index is 0.0283. The highest BCUT2D eigenvalue weighted by Crippen LogP contribution is 2.04. The molecule has 0 bridgehead atoms. The summed E-state index contributed by atoms with van der Waals surface area (Å²) in [7, 11) is -3.55. The van der Waals surface area contributed by atoms with E-state index in [-0.39, 0.29) is 5.84 Å². The standard InChI is InChI=1S/C5H9N3O2S/c1-2-4-3-5(6)8-11(9,10)7-4/h3,7H,2H2,1H3,(H2,6,8). The monoisotopic (exact) mass is 175 g/mol. The lowest BCUT2D eigenvalue weighted by atomic mass is 10.3. The number of allylic oxidation sites excluding steroid dienone is 1. The van der Waals surface area contributed by atoms with E-state index in [0.717, 1.165) is 0 Å². The quantitative estimate of drug-likeness (QED) is 0.562. The first-order chi connectivity index (χ1) is 5.03. The summed E-state index contributed by atoms with van der Waals surface area (Å²) in [6.07, 6.45) is 2.09. The zero-order valence-corrected chi connectivity index (χ0v) is 6.85. The van der Waals surface area contributed by atoms with Crippen LogP contribution in [0.1, 0.15) is 13.3 Å². The van der Waals surface area contributed by atoms with E-state index >= 15 is 0 Å². The Kier molecular flexibility index (Phi) is 1.86. The third kappa shape index (κ3) is 1.94. The summed E-state index contributed by atoms with van der Waals surface area (Å²) in [5.74, 6) is 0.0283. The van der Waals surface area contributed by atoms with Crippen LogP contribution in [0.5, 0.6) is 0 Å². The number of hydrogen-bond donors (Lipinski definition) is 2. The van der Waals surface area contributed by atoms with Gasteiger partial charge in [0.05, 0.1) is 0 Å². The molecule has 0 saturated heterocycles. The van der Waals surface area contributed by atoms with Gasteiger partial charge in [-0.25, -0.2) is 0 Å². The Morgan fingerprint density at radius 1 is 1.73 bits per heavy atom. The summed E-state index contributed by atoms with van der Waals surface area (Å²) in [4.78, 5) is 0. The third-order valence-electron chi connectivity index (χ3n) is 1.19. The first kappa shape index (κ1) is 8.06. The summed E-state index contributed by atoms with van der Waals surface area (Å²) >= 11 is 0. The molecule has 6 heteroatoms. The largest absolute Gasteiger partial charge is 0.383 e. The zero-order chi connectivity index (χ0) is 8.48. The summed E-state index contributed by atoms with van der Waals surface area (Å²) < 4.78 is 27.1. The van der Waals surface area contributed by atoms with Gasteiger partial charge in [-0.1, -0.05) is 6.92 Å². The topological polar surface area (TPSA) is 84.5 Å². The van der Waals surface area contributed by atoms with E-state index in [1.807, 2.05) is 6.92 Å². The molecule has 0 unspecified atom stereocenters.